The van der Waals surface area contributed by atoms with Crippen LogP contribution in [0.4, 0.5) is 11.6 Å². The van der Waals surface area contributed by atoms with Crippen LogP contribution in [-0.2, 0) is 0 Å². The van der Waals surface area contributed by atoms with Crippen molar-refractivity contribution in [2.45, 2.75) is 32.1 Å². The normalized spacial score (nSPS) is 15.3. The zero-order chi connectivity index (χ0) is 10.8. The van der Waals surface area contributed by atoms with Gasteiger partial charge in [-0.2, -0.15) is 0 Å². The van der Waals surface area contributed by atoms with E-state index in [9.17, 15) is 0 Å². The van der Waals surface area contributed by atoms with Crippen molar-refractivity contribution in [1.29, 1.82) is 0 Å². The van der Waals surface area contributed by atoms with Crippen LogP contribution in [0.3, 0.4) is 0 Å². The molecular formula is C11H18N4. The molecule has 0 unspecified atom stereocenters. The predicted molar refractivity (Wildman–Crippen MR) is 62.0 cm³/mol. The van der Waals surface area contributed by atoms with Crippen molar-refractivity contribution in [2.75, 3.05) is 24.2 Å². The number of rotatable bonds is 4. The van der Waals surface area contributed by atoms with Gasteiger partial charge in [0.15, 0.2) is 0 Å². The molecule has 1 aromatic rings. The second-order valence-electron chi connectivity index (χ2n) is 4.21. The highest BCUT2D eigenvalue weighted by Crippen LogP contribution is 2.38. The van der Waals surface area contributed by atoms with Gasteiger partial charge in [-0.05, 0) is 19.3 Å². The van der Waals surface area contributed by atoms with Crippen molar-refractivity contribution in [3.8, 4) is 0 Å². The summed E-state index contributed by atoms with van der Waals surface area (Å²) in [5.74, 6) is 3.02. The molecule has 0 aliphatic heterocycles. The lowest BCUT2D eigenvalue weighted by Gasteiger charge is -2.17. The number of hydrogen-bond acceptors (Lipinski definition) is 4. The highest BCUT2D eigenvalue weighted by atomic mass is 15.2. The lowest BCUT2D eigenvalue weighted by Crippen LogP contribution is -2.20. The monoisotopic (exact) mass is 206 g/mol. The summed E-state index contributed by atoms with van der Waals surface area (Å²) in [6, 6.07) is 1.85. The molecule has 2 rings (SSSR count). The van der Waals surface area contributed by atoms with Crippen LogP contribution < -0.4 is 10.6 Å². The SMILES string of the molecule is CCCN(C)c1cc(N)nc(C2CC2)n1. The minimum absolute atomic E-state index is 0.558. The molecule has 0 radical (unpaired) electrons. The number of nitrogen functional groups attached to an aromatic ring is 1. The van der Waals surface area contributed by atoms with Gasteiger partial charge >= 0.3 is 0 Å². The fourth-order valence-corrected chi connectivity index (χ4v) is 1.64. The molecule has 1 saturated carbocycles. The molecule has 1 heterocycles. The third-order valence-corrected chi connectivity index (χ3v) is 2.64. The molecule has 0 saturated heterocycles. The third kappa shape index (κ3) is 2.37. The van der Waals surface area contributed by atoms with E-state index in [-0.39, 0.29) is 0 Å². The highest BCUT2D eigenvalue weighted by molar-refractivity contribution is 5.46. The van der Waals surface area contributed by atoms with Gasteiger partial charge in [0.2, 0.25) is 0 Å². The molecule has 4 nitrogen and oxygen atoms in total. The average Bonchev–Trinajstić information content (AvgIpc) is 3.00. The van der Waals surface area contributed by atoms with Crippen LogP contribution in [0.1, 0.15) is 37.9 Å². The Morgan fingerprint density at radius 3 is 2.80 bits per heavy atom. The predicted octanol–water partition coefficient (Wildman–Crippen LogP) is 1.78. The smallest absolute Gasteiger partial charge is 0.136 e. The molecular weight excluding hydrogens is 188 g/mol. The molecule has 0 spiro atoms. The van der Waals surface area contributed by atoms with Crippen molar-refractivity contribution >= 4 is 11.6 Å². The van der Waals surface area contributed by atoms with Gasteiger partial charge in [-0.15, -0.1) is 0 Å². The van der Waals surface area contributed by atoms with E-state index in [4.69, 9.17) is 5.73 Å². The summed E-state index contributed by atoms with van der Waals surface area (Å²) < 4.78 is 0. The van der Waals surface area contributed by atoms with E-state index >= 15 is 0 Å². The summed E-state index contributed by atoms with van der Waals surface area (Å²) in [5.41, 5.74) is 5.78. The van der Waals surface area contributed by atoms with Crippen LogP contribution in [0.2, 0.25) is 0 Å². The second kappa shape index (κ2) is 4.04. The Labute approximate surface area is 90.5 Å². The van der Waals surface area contributed by atoms with Gasteiger partial charge in [0, 0.05) is 25.6 Å². The molecule has 1 aromatic heterocycles. The van der Waals surface area contributed by atoms with Crippen molar-refractivity contribution in [3.63, 3.8) is 0 Å². The molecule has 1 aliphatic rings. The van der Waals surface area contributed by atoms with E-state index in [0.29, 0.717) is 11.7 Å². The van der Waals surface area contributed by atoms with Crippen LogP contribution in [0.25, 0.3) is 0 Å². The Morgan fingerprint density at radius 1 is 1.47 bits per heavy atom. The van der Waals surface area contributed by atoms with Crippen LogP contribution in [-0.4, -0.2) is 23.6 Å². The Bertz CT molecular complexity index is 346. The zero-order valence-electron chi connectivity index (χ0n) is 9.40. The molecule has 1 aliphatic carbocycles. The summed E-state index contributed by atoms with van der Waals surface area (Å²) in [5, 5.41) is 0. The fraction of sp³-hybridized carbons (Fsp3) is 0.636. The lowest BCUT2D eigenvalue weighted by molar-refractivity contribution is 0.820. The maximum absolute atomic E-state index is 5.78. The first-order valence-electron chi connectivity index (χ1n) is 5.56. The molecule has 2 N–H and O–H groups in total. The largest absolute Gasteiger partial charge is 0.384 e. The van der Waals surface area contributed by atoms with Gasteiger partial charge in [0.1, 0.15) is 17.5 Å². The molecule has 15 heavy (non-hydrogen) atoms. The quantitative estimate of drug-likeness (QED) is 0.816. The maximum atomic E-state index is 5.78. The zero-order valence-corrected chi connectivity index (χ0v) is 9.40. The van der Waals surface area contributed by atoms with E-state index < -0.39 is 0 Å². The maximum Gasteiger partial charge on any atom is 0.136 e. The first-order valence-corrected chi connectivity index (χ1v) is 5.56. The van der Waals surface area contributed by atoms with E-state index in [2.05, 4.69) is 21.8 Å². The number of nitrogens with zero attached hydrogens (tertiary/aromatic N) is 3. The van der Waals surface area contributed by atoms with Crippen molar-refractivity contribution in [1.82, 2.24) is 9.97 Å². The summed E-state index contributed by atoms with van der Waals surface area (Å²) >= 11 is 0. The third-order valence-electron chi connectivity index (χ3n) is 2.64. The summed E-state index contributed by atoms with van der Waals surface area (Å²) in [7, 11) is 2.04. The number of hydrogen-bond donors (Lipinski definition) is 1. The Kier molecular flexibility index (Phi) is 2.75. The number of anilines is 2. The molecule has 0 aromatic carbocycles. The summed E-state index contributed by atoms with van der Waals surface area (Å²) in [4.78, 5) is 11.0. The molecule has 0 bridgehead atoms. The van der Waals surface area contributed by atoms with Crippen molar-refractivity contribution < 1.29 is 0 Å². The minimum Gasteiger partial charge on any atom is -0.384 e. The molecule has 4 heteroatoms. The lowest BCUT2D eigenvalue weighted by atomic mass is 10.3. The van der Waals surface area contributed by atoms with Gasteiger partial charge in [0.05, 0.1) is 0 Å². The Balaban J connectivity index is 2.22. The van der Waals surface area contributed by atoms with Gasteiger partial charge < -0.3 is 10.6 Å². The number of nitrogens with two attached hydrogens (primary N) is 1. The standard InChI is InChI=1S/C11H18N4/c1-3-6-15(2)10-7-9(12)13-11(14-10)8-4-5-8/h7-8H,3-6H2,1-2H3,(H2,12,13,14). The van der Waals surface area contributed by atoms with E-state index in [0.717, 1.165) is 24.6 Å². The first kappa shape index (κ1) is 10.2. The minimum atomic E-state index is 0.558. The Hall–Kier alpha value is -1.32. The molecule has 1 fully saturated rings. The molecule has 0 atom stereocenters. The van der Waals surface area contributed by atoms with Crippen LogP contribution in [0, 0.1) is 0 Å². The van der Waals surface area contributed by atoms with E-state index in [1.807, 2.05) is 13.1 Å². The molecule has 0 amide bonds. The van der Waals surface area contributed by atoms with Crippen LogP contribution >= 0.6 is 0 Å². The summed E-state index contributed by atoms with van der Waals surface area (Å²) in [6.07, 6.45) is 3.53. The van der Waals surface area contributed by atoms with E-state index in [1.54, 1.807) is 0 Å². The fourth-order valence-electron chi connectivity index (χ4n) is 1.64. The average molecular weight is 206 g/mol. The van der Waals surface area contributed by atoms with Crippen molar-refractivity contribution in [2.24, 2.45) is 0 Å². The van der Waals surface area contributed by atoms with Gasteiger partial charge in [0.25, 0.3) is 0 Å². The van der Waals surface area contributed by atoms with Crippen LogP contribution in [0.15, 0.2) is 6.07 Å². The highest BCUT2D eigenvalue weighted by Gasteiger charge is 2.27. The second-order valence-corrected chi connectivity index (χ2v) is 4.21. The first-order chi connectivity index (χ1) is 7.20. The van der Waals surface area contributed by atoms with Gasteiger partial charge in [-0.3, -0.25) is 0 Å². The van der Waals surface area contributed by atoms with Crippen molar-refractivity contribution in [3.05, 3.63) is 11.9 Å². The van der Waals surface area contributed by atoms with Gasteiger partial charge in [-0.25, -0.2) is 9.97 Å². The molecule has 82 valence electrons. The topological polar surface area (TPSA) is 55.0 Å². The van der Waals surface area contributed by atoms with Crippen LogP contribution in [0.5, 0.6) is 0 Å². The summed E-state index contributed by atoms with van der Waals surface area (Å²) in [6.45, 7) is 3.16. The van der Waals surface area contributed by atoms with Gasteiger partial charge in [-0.1, -0.05) is 6.92 Å². The van der Waals surface area contributed by atoms with E-state index in [1.165, 1.54) is 12.8 Å². The number of aromatic nitrogens is 2. The Morgan fingerprint density at radius 2 is 2.20 bits per heavy atom.